The minimum atomic E-state index is -0.830. The molecule has 1 saturated heterocycles. The monoisotopic (exact) mass is 1010 g/mol. The van der Waals surface area contributed by atoms with Crippen LogP contribution in [-0.2, 0) is 20.9 Å². The molecular formula is C52H54ClN11O5S2. The van der Waals surface area contributed by atoms with E-state index in [2.05, 4.69) is 49.7 Å². The van der Waals surface area contributed by atoms with Gasteiger partial charge in [-0.1, -0.05) is 61.8 Å². The number of aromatic nitrogens is 7. The van der Waals surface area contributed by atoms with E-state index in [1.54, 1.807) is 39.7 Å². The highest BCUT2D eigenvalue weighted by Gasteiger charge is 2.43. The Labute approximate surface area is 424 Å². The Bertz CT molecular complexity index is 3150. The average Bonchev–Trinajstić information content (AvgIpc) is 4.19. The average molecular weight is 1010 g/mol. The third-order valence-electron chi connectivity index (χ3n) is 13.6. The standard InChI is InChI=1S/C52H54ClN11O5S2/c1-27(2)47(51(68)62-25-39(65)20-42(62)50(67)55-22-32-7-9-34(10-8-32)48-29(4)56-26-70-48)63-24-36(23-57-63)35-15-16-54-44(17-35)69-40-18-38(19-40)58-43(66)21-41-49-61-60-31(6)64(49)52-45(28(3)30(5)71-52)46(59-41)33-11-13-37(53)14-12-33/h7-17,23-24,26-27,38-42,47,65H,18-22,25H2,1-6H3,(H,55,67)(H,58,66)/t38-,39-,40-,41+,42+,47?/m1/s1. The molecule has 5 aromatic heterocycles. The lowest BCUT2D eigenvalue weighted by atomic mass is 9.89. The number of amides is 3. The van der Waals surface area contributed by atoms with Gasteiger partial charge in [-0.3, -0.25) is 28.6 Å². The number of carbonyl (C=O) groups excluding carboxylic acids is 3. The number of nitrogens with one attached hydrogen (secondary N) is 2. The molecule has 1 saturated carbocycles. The SMILES string of the molecule is Cc1ncsc1-c1ccc(CNC(=O)[C@@H]2C[C@@H](O)CN2C(=O)C(C(C)C)n2cc(-c3ccnc(O[C@H]4C[C@H](NC(=O)C[C@@H]5N=C(c6ccc(Cl)cc6)c6c(sc(C)c6C)-n6c(C)nnc65)C4)c3)cn2)cc1. The van der Waals surface area contributed by atoms with Gasteiger partial charge < -0.3 is 25.4 Å². The van der Waals surface area contributed by atoms with Crippen molar-refractivity contribution in [1.29, 1.82) is 0 Å². The molecule has 1 aliphatic carbocycles. The number of pyridine rings is 1. The fourth-order valence-electron chi connectivity index (χ4n) is 9.68. The Morgan fingerprint density at radius 2 is 1.69 bits per heavy atom. The zero-order valence-electron chi connectivity index (χ0n) is 40.2. The molecule has 16 nitrogen and oxygen atoms in total. The molecule has 7 heterocycles. The number of hydrogen-bond acceptors (Lipinski definition) is 13. The number of aliphatic imine (C=N–C) groups is 1. The van der Waals surface area contributed by atoms with Gasteiger partial charge in [0, 0.05) is 83.4 Å². The largest absolute Gasteiger partial charge is 0.474 e. The zero-order chi connectivity index (χ0) is 49.7. The van der Waals surface area contributed by atoms with Gasteiger partial charge >= 0.3 is 0 Å². The molecule has 3 aliphatic rings. The van der Waals surface area contributed by atoms with Gasteiger partial charge in [-0.05, 0) is 74.1 Å². The maximum atomic E-state index is 14.3. The molecule has 2 aliphatic heterocycles. The van der Waals surface area contributed by atoms with Crippen LogP contribution in [-0.4, -0.2) is 98.8 Å². The van der Waals surface area contributed by atoms with Gasteiger partial charge in [-0.2, -0.15) is 5.10 Å². The van der Waals surface area contributed by atoms with Crippen molar-refractivity contribution >= 4 is 57.7 Å². The van der Waals surface area contributed by atoms with Gasteiger partial charge in [0.15, 0.2) is 5.82 Å². The number of aliphatic hydroxyl groups is 1. The summed E-state index contributed by atoms with van der Waals surface area (Å²) in [7, 11) is 0. The first-order valence-electron chi connectivity index (χ1n) is 23.8. The molecule has 366 valence electrons. The van der Waals surface area contributed by atoms with Crippen molar-refractivity contribution in [1.82, 2.24) is 50.0 Å². The summed E-state index contributed by atoms with van der Waals surface area (Å²) >= 11 is 9.53. The molecule has 0 radical (unpaired) electrons. The summed E-state index contributed by atoms with van der Waals surface area (Å²) in [4.78, 5) is 59.5. The summed E-state index contributed by atoms with van der Waals surface area (Å²) in [5.41, 5.74) is 10.2. The third-order valence-corrected chi connectivity index (χ3v) is 16.0. The van der Waals surface area contributed by atoms with Crippen LogP contribution in [0.15, 0.2) is 89.8 Å². The van der Waals surface area contributed by atoms with Crippen molar-refractivity contribution in [2.45, 2.75) is 110 Å². The first kappa shape index (κ1) is 48.0. The number of likely N-dealkylation sites (tertiary alicyclic amines) is 1. The molecule has 2 aromatic carbocycles. The van der Waals surface area contributed by atoms with Crippen LogP contribution in [0.25, 0.3) is 26.6 Å². The zero-order valence-corrected chi connectivity index (χ0v) is 42.6. The highest BCUT2D eigenvalue weighted by molar-refractivity contribution is 7.15. The van der Waals surface area contributed by atoms with E-state index in [0.29, 0.717) is 29.6 Å². The summed E-state index contributed by atoms with van der Waals surface area (Å²) in [5.74, 6) is 0.863. The third kappa shape index (κ3) is 9.77. The predicted octanol–water partition coefficient (Wildman–Crippen LogP) is 8.08. The molecule has 7 aromatic rings. The molecule has 3 N–H and O–H groups in total. The summed E-state index contributed by atoms with van der Waals surface area (Å²) in [6.07, 6.45) is 5.64. The van der Waals surface area contributed by atoms with E-state index in [-0.39, 0.29) is 61.7 Å². The minimum absolute atomic E-state index is 0.0503. The molecule has 1 unspecified atom stereocenters. The van der Waals surface area contributed by atoms with Crippen molar-refractivity contribution in [2.75, 3.05) is 6.54 Å². The number of thiophene rings is 1. The number of thiazole rings is 1. The number of halogens is 1. The fourth-order valence-corrected chi connectivity index (χ4v) is 11.8. The lowest BCUT2D eigenvalue weighted by molar-refractivity contribution is -0.142. The molecule has 71 heavy (non-hydrogen) atoms. The lowest BCUT2D eigenvalue weighted by Gasteiger charge is -2.35. The number of nitrogens with zero attached hydrogens (tertiary/aromatic N) is 9. The summed E-state index contributed by atoms with van der Waals surface area (Å²) in [6, 6.07) is 17.1. The van der Waals surface area contributed by atoms with E-state index in [4.69, 9.17) is 21.3 Å². The quantitative estimate of drug-likeness (QED) is 0.0959. The topological polar surface area (TPSA) is 195 Å². The maximum absolute atomic E-state index is 14.3. The van der Waals surface area contributed by atoms with Gasteiger partial charge in [0.25, 0.3) is 0 Å². The second kappa shape index (κ2) is 19.9. The summed E-state index contributed by atoms with van der Waals surface area (Å²) < 4.78 is 9.99. The molecule has 19 heteroatoms. The number of benzene rings is 2. The number of carbonyl (C=O) groups is 3. The number of β-amino-alcohol motifs (C(OH)–C–C–N with tert-alkyl or cyclic N) is 1. The van der Waals surface area contributed by atoms with Crippen LogP contribution >= 0.6 is 34.3 Å². The lowest BCUT2D eigenvalue weighted by Crippen LogP contribution is -2.49. The molecule has 4 atom stereocenters. The van der Waals surface area contributed by atoms with Crippen molar-refractivity contribution < 1.29 is 24.2 Å². The minimum Gasteiger partial charge on any atom is -0.474 e. The summed E-state index contributed by atoms with van der Waals surface area (Å²) in [6.45, 7) is 12.3. The van der Waals surface area contributed by atoms with Crippen LogP contribution in [0.4, 0.5) is 0 Å². The normalized spacial score (nSPS) is 19.9. The van der Waals surface area contributed by atoms with Crippen LogP contribution in [0.5, 0.6) is 5.88 Å². The van der Waals surface area contributed by atoms with Crippen LogP contribution in [0, 0.1) is 33.6 Å². The van der Waals surface area contributed by atoms with Gasteiger partial charge in [0.2, 0.25) is 23.6 Å². The second-order valence-electron chi connectivity index (χ2n) is 18.9. The highest BCUT2D eigenvalue weighted by atomic mass is 35.5. The Hall–Kier alpha value is -6.60. The van der Waals surface area contributed by atoms with Crippen LogP contribution in [0.3, 0.4) is 0 Å². The number of aryl methyl sites for hydroxylation is 3. The van der Waals surface area contributed by atoms with E-state index >= 15 is 0 Å². The van der Waals surface area contributed by atoms with E-state index in [0.717, 1.165) is 66.1 Å². The van der Waals surface area contributed by atoms with Crippen LogP contribution < -0.4 is 15.4 Å². The number of rotatable bonds is 14. The van der Waals surface area contributed by atoms with Gasteiger partial charge in [0.1, 0.15) is 35.1 Å². The Morgan fingerprint density at radius 3 is 2.42 bits per heavy atom. The number of ether oxygens (including phenoxy) is 1. The van der Waals surface area contributed by atoms with Crippen molar-refractivity contribution in [2.24, 2.45) is 10.9 Å². The van der Waals surface area contributed by atoms with Gasteiger partial charge in [-0.25, -0.2) is 9.97 Å². The first-order chi connectivity index (χ1) is 34.2. The van der Waals surface area contributed by atoms with Crippen molar-refractivity contribution in [3.63, 3.8) is 0 Å². The smallest absolute Gasteiger partial charge is 0.248 e. The number of fused-ring (bicyclic) bond motifs is 3. The molecule has 2 fully saturated rings. The Kier molecular flexibility index (Phi) is 13.5. The second-order valence-corrected chi connectivity index (χ2v) is 21.4. The van der Waals surface area contributed by atoms with Crippen molar-refractivity contribution in [3.05, 3.63) is 134 Å². The Morgan fingerprint density at radius 1 is 0.930 bits per heavy atom. The number of hydrogen-bond donors (Lipinski definition) is 3. The molecular weight excluding hydrogens is 958 g/mol. The van der Waals surface area contributed by atoms with E-state index in [1.165, 1.54) is 9.78 Å². The molecule has 3 amide bonds. The maximum Gasteiger partial charge on any atom is 0.248 e. The van der Waals surface area contributed by atoms with Gasteiger partial charge in [0.05, 0.1) is 40.5 Å². The Balaban J connectivity index is 0.757. The van der Waals surface area contributed by atoms with Gasteiger partial charge in [-0.15, -0.1) is 32.9 Å². The molecule has 10 rings (SSSR count). The van der Waals surface area contributed by atoms with E-state index in [9.17, 15) is 19.5 Å². The van der Waals surface area contributed by atoms with Crippen molar-refractivity contribution in [3.8, 4) is 32.4 Å². The number of aliphatic hydroxyl groups excluding tert-OH is 1. The van der Waals surface area contributed by atoms with Crippen LogP contribution in [0.2, 0.25) is 5.02 Å². The molecule has 0 spiro atoms. The highest BCUT2D eigenvalue weighted by Crippen LogP contribution is 2.40. The summed E-state index contributed by atoms with van der Waals surface area (Å²) in [5, 5.41) is 32.1. The van der Waals surface area contributed by atoms with Crippen LogP contribution in [0.1, 0.15) is 96.1 Å². The fraction of sp³-hybridized carbons (Fsp3) is 0.365. The predicted molar refractivity (Wildman–Crippen MR) is 273 cm³/mol. The first-order valence-corrected chi connectivity index (χ1v) is 25.8. The van der Waals surface area contributed by atoms with E-state index in [1.807, 2.05) is 105 Å². The van der Waals surface area contributed by atoms with E-state index < -0.39 is 24.2 Å². The molecule has 0 bridgehead atoms.